The summed E-state index contributed by atoms with van der Waals surface area (Å²) in [6.07, 6.45) is 0.548. The fourth-order valence-corrected chi connectivity index (χ4v) is 5.21. The Morgan fingerprint density at radius 1 is 1.03 bits per heavy atom. The van der Waals surface area contributed by atoms with Crippen molar-refractivity contribution in [1.82, 2.24) is 0 Å². The zero-order valence-corrected chi connectivity index (χ0v) is 18.2. The number of fused-ring (bicyclic) bond motifs is 1. The lowest BCUT2D eigenvalue weighted by Crippen LogP contribution is -2.29. The third kappa shape index (κ3) is 3.68. The molecule has 1 aliphatic heterocycles. The summed E-state index contributed by atoms with van der Waals surface area (Å²) >= 11 is 5.88. The van der Waals surface area contributed by atoms with Crippen LogP contribution in [-0.4, -0.2) is 20.9 Å². The van der Waals surface area contributed by atoms with Gasteiger partial charge in [0.25, 0.3) is 15.9 Å². The van der Waals surface area contributed by atoms with Crippen molar-refractivity contribution in [2.45, 2.75) is 25.2 Å². The van der Waals surface area contributed by atoms with E-state index in [0.29, 0.717) is 29.2 Å². The Morgan fingerprint density at radius 2 is 1.77 bits per heavy atom. The number of carbonyl (C=O) groups is 1. The third-order valence-electron chi connectivity index (χ3n) is 5.45. The van der Waals surface area contributed by atoms with Crippen LogP contribution in [0.1, 0.15) is 27.0 Å². The predicted molar refractivity (Wildman–Crippen MR) is 120 cm³/mol. The molecule has 3 aromatic rings. The monoisotopic (exact) mass is 440 g/mol. The van der Waals surface area contributed by atoms with Crippen molar-refractivity contribution >= 4 is 38.9 Å². The summed E-state index contributed by atoms with van der Waals surface area (Å²) in [5, 5.41) is 3.43. The molecular weight excluding hydrogens is 420 g/mol. The average Bonchev–Trinajstić information content (AvgIpc) is 3.16. The minimum Gasteiger partial charge on any atom is -0.322 e. The van der Waals surface area contributed by atoms with Crippen LogP contribution < -0.4 is 9.62 Å². The largest absolute Gasteiger partial charge is 0.322 e. The molecule has 5 nitrogen and oxygen atoms in total. The maximum atomic E-state index is 13.0. The number of carbonyl (C=O) groups excluding carboxylic acids is 1. The first-order valence-corrected chi connectivity index (χ1v) is 11.4. The van der Waals surface area contributed by atoms with Gasteiger partial charge in [-0.3, -0.25) is 9.10 Å². The van der Waals surface area contributed by atoms with Gasteiger partial charge < -0.3 is 5.32 Å². The van der Waals surface area contributed by atoms with Gasteiger partial charge in [-0.25, -0.2) is 8.42 Å². The van der Waals surface area contributed by atoms with E-state index >= 15 is 0 Å². The number of rotatable bonds is 4. The fourth-order valence-electron chi connectivity index (χ4n) is 3.58. The quantitative estimate of drug-likeness (QED) is 0.623. The standard InChI is InChI=1S/C23H21ClN2O3S/c1-15-4-3-5-21(16(15)2)25-23(27)18-6-11-22-17(14-18)12-13-26(22)30(28,29)20-9-7-19(24)8-10-20/h3-11,14H,12-13H2,1-2H3,(H,25,27). The molecule has 1 amide bonds. The molecule has 0 fully saturated rings. The van der Waals surface area contributed by atoms with Gasteiger partial charge in [-0.05, 0) is 85.5 Å². The van der Waals surface area contributed by atoms with Gasteiger partial charge >= 0.3 is 0 Å². The van der Waals surface area contributed by atoms with Crippen LogP contribution in [0.15, 0.2) is 65.6 Å². The van der Waals surface area contributed by atoms with Crippen LogP contribution in [0.25, 0.3) is 0 Å². The minimum absolute atomic E-state index is 0.191. The van der Waals surface area contributed by atoms with E-state index in [9.17, 15) is 13.2 Å². The zero-order chi connectivity index (χ0) is 21.5. The number of anilines is 2. The van der Waals surface area contributed by atoms with E-state index in [1.54, 1.807) is 30.3 Å². The number of nitrogens with one attached hydrogen (secondary N) is 1. The lowest BCUT2D eigenvalue weighted by atomic mass is 10.1. The molecule has 0 spiro atoms. The first-order chi connectivity index (χ1) is 14.3. The van der Waals surface area contributed by atoms with E-state index in [0.717, 1.165) is 22.4 Å². The van der Waals surface area contributed by atoms with Gasteiger partial charge in [0.05, 0.1) is 10.6 Å². The van der Waals surface area contributed by atoms with Crippen LogP contribution in [0.3, 0.4) is 0 Å². The summed E-state index contributed by atoms with van der Waals surface area (Å²) in [4.78, 5) is 12.9. The molecule has 0 aliphatic carbocycles. The fraction of sp³-hybridized carbons (Fsp3) is 0.174. The van der Waals surface area contributed by atoms with Gasteiger partial charge in [-0.1, -0.05) is 23.7 Å². The summed E-state index contributed by atoms with van der Waals surface area (Å²) in [5.41, 5.74) is 4.83. The average molecular weight is 441 g/mol. The molecule has 0 radical (unpaired) electrons. The highest BCUT2D eigenvalue weighted by atomic mass is 35.5. The Kier molecular flexibility index (Phi) is 5.30. The number of hydrogen-bond acceptors (Lipinski definition) is 3. The molecule has 3 aromatic carbocycles. The molecule has 0 aromatic heterocycles. The molecule has 0 unspecified atom stereocenters. The predicted octanol–water partition coefficient (Wildman–Crippen LogP) is 4.96. The third-order valence-corrected chi connectivity index (χ3v) is 7.53. The Morgan fingerprint density at radius 3 is 2.50 bits per heavy atom. The van der Waals surface area contributed by atoms with Gasteiger partial charge in [0.15, 0.2) is 0 Å². The molecule has 154 valence electrons. The smallest absolute Gasteiger partial charge is 0.264 e. The summed E-state index contributed by atoms with van der Waals surface area (Å²) in [6, 6.07) is 17.0. The minimum atomic E-state index is -3.69. The van der Waals surface area contributed by atoms with E-state index in [1.807, 2.05) is 32.0 Å². The molecule has 0 atom stereocenters. The van der Waals surface area contributed by atoms with E-state index in [4.69, 9.17) is 11.6 Å². The van der Waals surface area contributed by atoms with Crippen molar-refractivity contribution in [1.29, 1.82) is 0 Å². The van der Waals surface area contributed by atoms with E-state index < -0.39 is 10.0 Å². The van der Waals surface area contributed by atoms with Crippen molar-refractivity contribution in [3.8, 4) is 0 Å². The van der Waals surface area contributed by atoms with Crippen LogP contribution in [-0.2, 0) is 16.4 Å². The SMILES string of the molecule is Cc1cccc(NC(=O)c2ccc3c(c2)CCN3S(=O)(=O)c2ccc(Cl)cc2)c1C. The first-order valence-electron chi connectivity index (χ1n) is 9.56. The summed E-state index contributed by atoms with van der Waals surface area (Å²) in [7, 11) is -3.69. The van der Waals surface area contributed by atoms with E-state index in [-0.39, 0.29) is 10.8 Å². The molecule has 1 aliphatic rings. The number of aryl methyl sites for hydroxylation is 1. The van der Waals surface area contributed by atoms with Gasteiger partial charge in [0.1, 0.15) is 0 Å². The lowest BCUT2D eigenvalue weighted by Gasteiger charge is -2.20. The van der Waals surface area contributed by atoms with Crippen molar-refractivity contribution in [2.75, 3.05) is 16.2 Å². The number of sulfonamides is 1. The van der Waals surface area contributed by atoms with Crippen LogP contribution in [0.2, 0.25) is 5.02 Å². The molecule has 0 bridgehead atoms. The summed E-state index contributed by atoms with van der Waals surface area (Å²) in [5.74, 6) is -0.217. The van der Waals surface area contributed by atoms with Crippen LogP contribution >= 0.6 is 11.6 Å². The Bertz CT molecular complexity index is 1240. The summed E-state index contributed by atoms with van der Waals surface area (Å²) < 4.78 is 27.5. The van der Waals surface area contributed by atoms with E-state index in [1.165, 1.54) is 16.4 Å². The maximum absolute atomic E-state index is 13.0. The highest BCUT2D eigenvalue weighted by Gasteiger charge is 2.31. The zero-order valence-electron chi connectivity index (χ0n) is 16.6. The first kappa shape index (κ1) is 20.4. The molecule has 7 heteroatoms. The van der Waals surface area contributed by atoms with Crippen LogP contribution in [0.4, 0.5) is 11.4 Å². The highest BCUT2D eigenvalue weighted by molar-refractivity contribution is 7.92. The molecule has 4 rings (SSSR count). The number of hydrogen-bond donors (Lipinski definition) is 1. The topological polar surface area (TPSA) is 66.5 Å². The van der Waals surface area contributed by atoms with Crippen LogP contribution in [0.5, 0.6) is 0 Å². The molecule has 1 N–H and O–H groups in total. The van der Waals surface area contributed by atoms with Gasteiger partial charge in [-0.2, -0.15) is 0 Å². The van der Waals surface area contributed by atoms with E-state index in [2.05, 4.69) is 5.32 Å². The number of halogens is 1. The lowest BCUT2D eigenvalue weighted by molar-refractivity contribution is 0.102. The highest BCUT2D eigenvalue weighted by Crippen LogP contribution is 2.34. The second kappa shape index (κ2) is 7.78. The van der Waals surface area contributed by atoms with Crippen LogP contribution in [0, 0.1) is 13.8 Å². The normalized spacial score (nSPS) is 13.2. The van der Waals surface area contributed by atoms with Crippen molar-refractivity contribution in [3.63, 3.8) is 0 Å². The van der Waals surface area contributed by atoms with Gasteiger partial charge in [0.2, 0.25) is 0 Å². The Labute approximate surface area is 181 Å². The van der Waals surface area contributed by atoms with Gasteiger partial charge in [0, 0.05) is 22.8 Å². The second-order valence-electron chi connectivity index (χ2n) is 7.33. The number of benzene rings is 3. The molecule has 0 saturated heterocycles. The number of amides is 1. The van der Waals surface area contributed by atoms with Gasteiger partial charge in [-0.15, -0.1) is 0 Å². The van der Waals surface area contributed by atoms with Crippen molar-refractivity contribution in [3.05, 3.63) is 87.9 Å². The summed E-state index contributed by atoms with van der Waals surface area (Å²) in [6.45, 7) is 4.30. The maximum Gasteiger partial charge on any atom is 0.264 e. The number of nitrogens with zero attached hydrogens (tertiary/aromatic N) is 1. The Hall–Kier alpha value is -2.83. The van der Waals surface area contributed by atoms with Crippen molar-refractivity contribution in [2.24, 2.45) is 0 Å². The molecule has 0 saturated carbocycles. The molecular formula is C23H21ClN2O3S. The molecule has 30 heavy (non-hydrogen) atoms. The van der Waals surface area contributed by atoms with Crippen molar-refractivity contribution < 1.29 is 13.2 Å². The second-order valence-corrected chi connectivity index (χ2v) is 9.62. The Balaban J connectivity index is 1.60. The molecule has 1 heterocycles.